The number of carbonyl (C=O) groups is 1. The molecule has 0 spiro atoms. The van der Waals surface area contributed by atoms with E-state index in [0.717, 1.165) is 0 Å². The SMILES string of the molecule is COC(=O)c1ccc(CNc2ccc(F)cc2Cl)cc1F. The van der Waals surface area contributed by atoms with E-state index in [1.165, 1.54) is 37.4 Å². The molecule has 6 heteroatoms. The van der Waals surface area contributed by atoms with Crippen molar-refractivity contribution in [2.24, 2.45) is 0 Å². The zero-order chi connectivity index (χ0) is 15.4. The lowest BCUT2D eigenvalue weighted by atomic mass is 10.1. The fourth-order valence-electron chi connectivity index (χ4n) is 1.77. The van der Waals surface area contributed by atoms with Gasteiger partial charge in [0.15, 0.2) is 0 Å². The largest absolute Gasteiger partial charge is 0.465 e. The predicted molar refractivity (Wildman–Crippen MR) is 76.5 cm³/mol. The highest BCUT2D eigenvalue weighted by Crippen LogP contribution is 2.23. The number of rotatable bonds is 4. The summed E-state index contributed by atoms with van der Waals surface area (Å²) in [6, 6.07) is 8.14. The van der Waals surface area contributed by atoms with Crippen LogP contribution in [0.3, 0.4) is 0 Å². The van der Waals surface area contributed by atoms with Crippen LogP contribution in [0.4, 0.5) is 14.5 Å². The fourth-order valence-corrected chi connectivity index (χ4v) is 2.01. The van der Waals surface area contributed by atoms with Crippen molar-refractivity contribution in [3.05, 3.63) is 64.2 Å². The molecule has 2 aromatic rings. The molecule has 1 N–H and O–H groups in total. The minimum absolute atomic E-state index is 0.124. The van der Waals surface area contributed by atoms with E-state index in [2.05, 4.69) is 10.1 Å². The van der Waals surface area contributed by atoms with Crippen LogP contribution in [0.25, 0.3) is 0 Å². The topological polar surface area (TPSA) is 38.3 Å². The number of carbonyl (C=O) groups excluding carboxylic acids is 1. The van der Waals surface area contributed by atoms with Gasteiger partial charge in [-0.1, -0.05) is 17.7 Å². The molecule has 0 saturated carbocycles. The lowest BCUT2D eigenvalue weighted by molar-refractivity contribution is 0.0595. The number of benzene rings is 2. The van der Waals surface area contributed by atoms with Crippen molar-refractivity contribution in [2.45, 2.75) is 6.54 Å². The van der Waals surface area contributed by atoms with Crippen molar-refractivity contribution in [1.82, 2.24) is 0 Å². The molecule has 0 atom stereocenters. The third-order valence-electron chi connectivity index (χ3n) is 2.85. The number of hydrogen-bond acceptors (Lipinski definition) is 3. The second kappa shape index (κ2) is 6.54. The van der Waals surface area contributed by atoms with Gasteiger partial charge in [0.2, 0.25) is 0 Å². The molecule has 0 aliphatic carbocycles. The van der Waals surface area contributed by atoms with Gasteiger partial charge < -0.3 is 10.1 Å². The molecule has 2 rings (SSSR count). The van der Waals surface area contributed by atoms with Gasteiger partial charge in [0.25, 0.3) is 0 Å². The number of anilines is 1. The molecule has 0 aliphatic heterocycles. The molecular weight excluding hydrogens is 300 g/mol. The average molecular weight is 312 g/mol. The van der Waals surface area contributed by atoms with Gasteiger partial charge in [0.05, 0.1) is 23.4 Å². The molecule has 0 saturated heterocycles. The van der Waals surface area contributed by atoms with Crippen LogP contribution in [0.2, 0.25) is 5.02 Å². The monoisotopic (exact) mass is 311 g/mol. The van der Waals surface area contributed by atoms with E-state index in [-0.39, 0.29) is 17.1 Å². The Bertz CT molecular complexity index is 677. The molecule has 0 unspecified atom stereocenters. The Balaban J connectivity index is 2.10. The maximum Gasteiger partial charge on any atom is 0.340 e. The summed E-state index contributed by atoms with van der Waals surface area (Å²) in [4.78, 5) is 11.3. The summed E-state index contributed by atoms with van der Waals surface area (Å²) in [5.74, 6) is -1.82. The van der Waals surface area contributed by atoms with Crippen LogP contribution in [0.15, 0.2) is 36.4 Å². The van der Waals surface area contributed by atoms with Gasteiger partial charge in [-0.05, 0) is 35.9 Å². The van der Waals surface area contributed by atoms with E-state index in [9.17, 15) is 13.6 Å². The molecule has 0 amide bonds. The van der Waals surface area contributed by atoms with Gasteiger partial charge >= 0.3 is 5.97 Å². The van der Waals surface area contributed by atoms with Crippen molar-refractivity contribution in [1.29, 1.82) is 0 Å². The Morgan fingerprint density at radius 3 is 2.62 bits per heavy atom. The number of methoxy groups -OCH3 is 1. The Morgan fingerprint density at radius 1 is 1.24 bits per heavy atom. The van der Waals surface area contributed by atoms with Crippen molar-refractivity contribution in [3.8, 4) is 0 Å². The zero-order valence-electron chi connectivity index (χ0n) is 11.1. The number of esters is 1. The molecule has 0 aliphatic rings. The third kappa shape index (κ3) is 3.70. The minimum Gasteiger partial charge on any atom is -0.465 e. The van der Waals surface area contributed by atoms with Gasteiger partial charge in [0.1, 0.15) is 11.6 Å². The smallest absolute Gasteiger partial charge is 0.340 e. The molecule has 0 aromatic heterocycles. The molecule has 3 nitrogen and oxygen atoms in total. The molecular formula is C15H12ClF2NO2. The molecule has 0 fully saturated rings. The van der Waals surface area contributed by atoms with Crippen LogP contribution in [-0.4, -0.2) is 13.1 Å². The first-order valence-corrected chi connectivity index (χ1v) is 6.44. The molecule has 2 aromatic carbocycles. The Morgan fingerprint density at radius 2 is 2.00 bits per heavy atom. The number of ether oxygens (including phenoxy) is 1. The summed E-state index contributed by atoms with van der Waals surface area (Å²) < 4.78 is 31.1. The van der Waals surface area contributed by atoms with Crippen molar-refractivity contribution < 1.29 is 18.3 Å². The van der Waals surface area contributed by atoms with E-state index in [1.807, 2.05) is 0 Å². The predicted octanol–water partition coefficient (Wildman–Crippen LogP) is 4.02. The fraction of sp³-hybridized carbons (Fsp3) is 0.133. The first-order valence-electron chi connectivity index (χ1n) is 6.07. The highest BCUT2D eigenvalue weighted by atomic mass is 35.5. The van der Waals surface area contributed by atoms with Crippen molar-refractivity contribution in [3.63, 3.8) is 0 Å². The highest BCUT2D eigenvalue weighted by molar-refractivity contribution is 6.33. The zero-order valence-corrected chi connectivity index (χ0v) is 11.9. The van der Waals surface area contributed by atoms with E-state index in [1.54, 1.807) is 6.07 Å². The van der Waals surface area contributed by atoms with Gasteiger partial charge in [0, 0.05) is 6.54 Å². The molecule has 0 heterocycles. The van der Waals surface area contributed by atoms with Crippen molar-refractivity contribution >= 4 is 23.3 Å². The second-order valence-electron chi connectivity index (χ2n) is 4.28. The maximum atomic E-state index is 13.7. The summed E-state index contributed by atoms with van der Waals surface area (Å²) in [6.45, 7) is 0.281. The summed E-state index contributed by atoms with van der Waals surface area (Å²) in [5.41, 5.74) is 1.03. The minimum atomic E-state index is -0.728. The van der Waals surface area contributed by atoms with Gasteiger partial charge in [-0.2, -0.15) is 0 Å². The van der Waals surface area contributed by atoms with Crippen LogP contribution in [0.5, 0.6) is 0 Å². The summed E-state index contributed by atoms with van der Waals surface area (Å²) in [7, 11) is 1.19. The van der Waals surface area contributed by atoms with E-state index in [4.69, 9.17) is 11.6 Å². The molecule has 110 valence electrons. The van der Waals surface area contributed by atoms with Crippen molar-refractivity contribution in [2.75, 3.05) is 12.4 Å². The quantitative estimate of drug-likeness (QED) is 0.867. The first-order chi connectivity index (χ1) is 10.0. The summed E-state index contributed by atoms with van der Waals surface area (Å²) in [6.07, 6.45) is 0. The normalized spacial score (nSPS) is 10.3. The Labute approximate surface area is 125 Å². The summed E-state index contributed by atoms with van der Waals surface area (Å²) >= 11 is 5.87. The van der Waals surface area contributed by atoms with E-state index >= 15 is 0 Å². The second-order valence-corrected chi connectivity index (χ2v) is 4.69. The van der Waals surface area contributed by atoms with E-state index in [0.29, 0.717) is 11.3 Å². The first kappa shape index (κ1) is 15.3. The van der Waals surface area contributed by atoms with Crippen LogP contribution < -0.4 is 5.32 Å². The molecule has 21 heavy (non-hydrogen) atoms. The van der Waals surface area contributed by atoms with Crippen LogP contribution in [-0.2, 0) is 11.3 Å². The summed E-state index contributed by atoms with van der Waals surface area (Å²) in [5, 5.41) is 3.20. The lowest BCUT2D eigenvalue weighted by Gasteiger charge is -2.09. The average Bonchev–Trinajstić information content (AvgIpc) is 2.45. The van der Waals surface area contributed by atoms with E-state index < -0.39 is 17.6 Å². The lowest BCUT2D eigenvalue weighted by Crippen LogP contribution is -2.06. The maximum absolute atomic E-state index is 13.7. The van der Waals surface area contributed by atoms with Crippen LogP contribution in [0.1, 0.15) is 15.9 Å². The third-order valence-corrected chi connectivity index (χ3v) is 3.17. The van der Waals surface area contributed by atoms with Gasteiger partial charge in [-0.15, -0.1) is 0 Å². The highest BCUT2D eigenvalue weighted by Gasteiger charge is 2.12. The number of hydrogen-bond donors (Lipinski definition) is 1. The number of nitrogens with one attached hydrogen (secondary N) is 1. The number of halogens is 3. The Hall–Kier alpha value is -2.14. The van der Waals surface area contributed by atoms with Gasteiger partial charge in [-0.3, -0.25) is 0 Å². The molecule has 0 radical (unpaired) electrons. The standard InChI is InChI=1S/C15H12ClF2NO2/c1-21-15(20)11-4-2-9(6-13(11)18)8-19-14-5-3-10(17)7-12(14)16/h2-7,19H,8H2,1H3. The van der Waals surface area contributed by atoms with Crippen LogP contribution in [0, 0.1) is 11.6 Å². The Kier molecular flexibility index (Phi) is 4.75. The van der Waals surface area contributed by atoms with Gasteiger partial charge in [-0.25, -0.2) is 13.6 Å². The molecule has 0 bridgehead atoms. The van der Waals surface area contributed by atoms with Crippen LogP contribution >= 0.6 is 11.6 Å².